The molecule has 2 aromatic rings. The van der Waals surface area contributed by atoms with Crippen molar-refractivity contribution in [2.75, 3.05) is 0 Å². The number of benzene rings is 2. The summed E-state index contributed by atoms with van der Waals surface area (Å²) in [6.45, 7) is 0. The number of carbonyl (C=O) groups is 2. The molecule has 2 aromatic carbocycles. The molecular formula is C16H10Cl2N2O2S. The monoisotopic (exact) mass is 364 g/mol. The summed E-state index contributed by atoms with van der Waals surface area (Å²) in [6, 6.07) is 14.1. The van der Waals surface area contributed by atoms with E-state index >= 15 is 0 Å². The van der Waals surface area contributed by atoms with Gasteiger partial charge in [-0.05, 0) is 48.5 Å². The number of ketones is 2. The van der Waals surface area contributed by atoms with Gasteiger partial charge in [-0.15, -0.1) is 0 Å². The highest BCUT2D eigenvalue weighted by atomic mass is 35.5. The first-order valence-electron chi connectivity index (χ1n) is 6.15. The molecule has 0 atom stereocenters. The maximum atomic E-state index is 11.1. The molecular weight excluding hydrogens is 355 g/mol. The fourth-order valence-corrected chi connectivity index (χ4v) is 1.78. The van der Waals surface area contributed by atoms with Crippen molar-refractivity contribution in [3.63, 3.8) is 0 Å². The van der Waals surface area contributed by atoms with Crippen molar-refractivity contribution in [2.24, 2.45) is 5.73 Å². The lowest BCUT2D eigenvalue weighted by molar-refractivity contribution is 0.105. The Hall–Kier alpha value is -2.26. The summed E-state index contributed by atoms with van der Waals surface area (Å²) in [5, 5.41) is 9.36. The van der Waals surface area contributed by atoms with Gasteiger partial charge in [0.2, 0.25) is 5.78 Å². The zero-order chi connectivity index (χ0) is 17.4. The fraction of sp³-hybridized carbons (Fsp3) is 0. The van der Waals surface area contributed by atoms with Gasteiger partial charge in [0, 0.05) is 21.2 Å². The maximum Gasteiger partial charge on any atom is 0.262 e. The molecule has 0 aliphatic carbocycles. The lowest BCUT2D eigenvalue weighted by atomic mass is 10.1. The Morgan fingerprint density at radius 2 is 1.30 bits per heavy atom. The number of rotatable bonds is 3. The second-order valence-corrected chi connectivity index (χ2v) is 5.46. The first-order valence-corrected chi connectivity index (χ1v) is 7.31. The quantitative estimate of drug-likeness (QED) is 0.507. The Balaban J connectivity index is 0.000000231. The number of carbonyl (C=O) groups excluding carboxylic acids is 2. The van der Waals surface area contributed by atoms with Crippen LogP contribution in [0.15, 0.2) is 48.5 Å². The first kappa shape index (κ1) is 18.8. The number of halogens is 2. The Morgan fingerprint density at radius 1 is 0.913 bits per heavy atom. The van der Waals surface area contributed by atoms with Crippen LogP contribution in [-0.2, 0) is 0 Å². The number of hydrogen-bond acceptors (Lipinski definition) is 4. The standard InChI is InChI=1S/C8H6ClNOS.C8H4ClNO/c9-6-3-1-5(2-4-6)7(11)8(10)12;9-7-3-1-6(2-4-7)8(11)5-10/h1-4H,(H2,10,12);1-4H. The smallest absolute Gasteiger partial charge is 0.262 e. The number of nitrogens with two attached hydrogens (primary N) is 1. The summed E-state index contributed by atoms with van der Waals surface area (Å²) >= 11 is 15.7. The van der Waals surface area contributed by atoms with Crippen LogP contribution in [0, 0.1) is 11.3 Å². The second kappa shape index (κ2) is 9.01. The second-order valence-electron chi connectivity index (χ2n) is 4.15. The highest BCUT2D eigenvalue weighted by Gasteiger charge is 2.07. The van der Waals surface area contributed by atoms with Gasteiger partial charge in [0.15, 0.2) is 0 Å². The van der Waals surface area contributed by atoms with Gasteiger partial charge in [-0.25, -0.2) is 0 Å². The van der Waals surface area contributed by atoms with Gasteiger partial charge in [0.25, 0.3) is 5.78 Å². The molecule has 7 heteroatoms. The summed E-state index contributed by atoms with van der Waals surface area (Å²) in [4.78, 5) is 21.7. The van der Waals surface area contributed by atoms with Gasteiger partial charge in [-0.3, -0.25) is 9.59 Å². The van der Waals surface area contributed by atoms with E-state index in [4.69, 9.17) is 34.2 Å². The van der Waals surface area contributed by atoms with Gasteiger partial charge in [-0.1, -0.05) is 35.4 Å². The number of nitrogens with zero attached hydrogens (tertiary/aromatic N) is 1. The zero-order valence-corrected chi connectivity index (χ0v) is 14.0. The fourth-order valence-electron chi connectivity index (χ4n) is 1.41. The van der Waals surface area contributed by atoms with E-state index < -0.39 is 5.78 Å². The van der Waals surface area contributed by atoms with E-state index in [0.29, 0.717) is 21.2 Å². The molecule has 0 aliphatic heterocycles. The van der Waals surface area contributed by atoms with E-state index in [2.05, 4.69) is 12.2 Å². The summed E-state index contributed by atoms with van der Waals surface area (Å²) < 4.78 is 0. The van der Waals surface area contributed by atoms with Crippen LogP contribution in [0.1, 0.15) is 20.7 Å². The SMILES string of the molecule is N#CC(=O)c1ccc(Cl)cc1.NC(=S)C(=O)c1ccc(Cl)cc1. The third kappa shape index (κ3) is 6.17. The van der Waals surface area contributed by atoms with Crippen molar-refractivity contribution in [3.8, 4) is 6.07 Å². The average Bonchev–Trinajstić information content (AvgIpc) is 2.55. The number of hydrogen-bond donors (Lipinski definition) is 1. The van der Waals surface area contributed by atoms with Crippen LogP contribution < -0.4 is 5.73 Å². The molecule has 0 heterocycles. The molecule has 0 aromatic heterocycles. The molecule has 23 heavy (non-hydrogen) atoms. The van der Waals surface area contributed by atoms with Gasteiger partial charge in [0.1, 0.15) is 11.1 Å². The molecule has 0 saturated heterocycles. The molecule has 0 radical (unpaired) electrons. The Kier molecular flexibility index (Phi) is 7.36. The minimum absolute atomic E-state index is 0.127. The molecule has 2 N–H and O–H groups in total. The van der Waals surface area contributed by atoms with Crippen molar-refractivity contribution in [1.29, 1.82) is 5.26 Å². The molecule has 0 saturated carbocycles. The van der Waals surface area contributed by atoms with Crippen molar-refractivity contribution in [3.05, 3.63) is 69.7 Å². The number of Topliss-reactive ketones (excluding diaryl/α,β-unsaturated/α-hetero) is 2. The minimum atomic E-state index is -0.540. The van der Waals surface area contributed by atoms with Crippen molar-refractivity contribution >= 4 is 52.0 Å². The van der Waals surface area contributed by atoms with Crippen LogP contribution in [0.5, 0.6) is 0 Å². The molecule has 2 rings (SSSR count). The lowest BCUT2D eigenvalue weighted by Gasteiger charge is -1.97. The van der Waals surface area contributed by atoms with Crippen molar-refractivity contribution in [2.45, 2.75) is 0 Å². The van der Waals surface area contributed by atoms with Crippen LogP contribution in [0.3, 0.4) is 0 Å². The first-order chi connectivity index (χ1) is 10.8. The summed E-state index contributed by atoms with van der Waals surface area (Å²) in [5.74, 6) is -0.872. The van der Waals surface area contributed by atoms with E-state index in [0.717, 1.165) is 0 Å². The van der Waals surface area contributed by atoms with Crippen LogP contribution in [-0.4, -0.2) is 16.6 Å². The summed E-state index contributed by atoms with van der Waals surface area (Å²) in [6.07, 6.45) is 0. The third-order valence-corrected chi connectivity index (χ3v) is 3.23. The van der Waals surface area contributed by atoms with E-state index in [-0.39, 0.29) is 10.8 Å². The van der Waals surface area contributed by atoms with E-state index in [1.54, 1.807) is 36.4 Å². The van der Waals surface area contributed by atoms with Gasteiger partial charge in [0.05, 0.1) is 0 Å². The minimum Gasteiger partial charge on any atom is -0.387 e. The molecule has 0 spiro atoms. The van der Waals surface area contributed by atoms with Crippen LogP contribution in [0.25, 0.3) is 0 Å². The highest BCUT2D eigenvalue weighted by molar-refractivity contribution is 7.82. The molecule has 0 aliphatic rings. The number of nitriles is 1. The Bertz CT molecular complexity index is 766. The Morgan fingerprint density at radius 3 is 1.65 bits per heavy atom. The summed E-state index contributed by atoms with van der Waals surface area (Å²) in [7, 11) is 0. The lowest BCUT2D eigenvalue weighted by Crippen LogP contribution is -2.20. The van der Waals surface area contributed by atoms with Crippen molar-refractivity contribution in [1.82, 2.24) is 0 Å². The van der Waals surface area contributed by atoms with Crippen molar-refractivity contribution < 1.29 is 9.59 Å². The predicted molar refractivity (Wildman–Crippen MR) is 94.0 cm³/mol. The van der Waals surface area contributed by atoms with E-state index in [1.807, 2.05) is 0 Å². The zero-order valence-electron chi connectivity index (χ0n) is 11.6. The molecule has 4 nitrogen and oxygen atoms in total. The van der Waals surface area contributed by atoms with Crippen LogP contribution in [0.4, 0.5) is 0 Å². The molecule has 0 bridgehead atoms. The molecule has 0 fully saturated rings. The normalized spacial score (nSPS) is 9.09. The molecule has 116 valence electrons. The Labute approximate surface area is 148 Å². The maximum absolute atomic E-state index is 11.1. The van der Waals surface area contributed by atoms with E-state index in [1.165, 1.54) is 18.2 Å². The summed E-state index contributed by atoms with van der Waals surface area (Å²) in [5.41, 5.74) is 5.99. The van der Waals surface area contributed by atoms with Gasteiger partial charge in [-0.2, -0.15) is 5.26 Å². The van der Waals surface area contributed by atoms with Gasteiger partial charge < -0.3 is 5.73 Å². The topological polar surface area (TPSA) is 83.9 Å². The van der Waals surface area contributed by atoms with Crippen LogP contribution in [0.2, 0.25) is 10.0 Å². The molecule has 0 unspecified atom stereocenters. The van der Waals surface area contributed by atoms with E-state index in [9.17, 15) is 9.59 Å². The van der Waals surface area contributed by atoms with Crippen LogP contribution >= 0.6 is 35.4 Å². The third-order valence-electron chi connectivity index (χ3n) is 2.54. The average molecular weight is 365 g/mol. The largest absolute Gasteiger partial charge is 0.387 e. The number of thiocarbonyl (C=S) groups is 1. The highest BCUT2D eigenvalue weighted by Crippen LogP contribution is 2.10. The van der Waals surface area contributed by atoms with Gasteiger partial charge >= 0.3 is 0 Å². The molecule has 0 amide bonds. The predicted octanol–water partition coefficient (Wildman–Crippen LogP) is 3.86.